The fourth-order valence-corrected chi connectivity index (χ4v) is 2.16. The van der Waals surface area contributed by atoms with E-state index in [1.54, 1.807) is 0 Å². The van der Waals surface area contributed by atoms with Crippen molar-refractivity contribution in [3.8, 4) is 0 Å². The minimum absolute atomic E-state index is 0.103. The van der Waals surface area contributed by atoms with Crippen molar-refractivity contribution in [1.82, 2.24) is 15.5 Å². The van der Waals surface area contributed by atoms with Crippen LogP contribution in [0, 0.1) is 5.92 Å². The van der Waals surface area contributed by atoms with Gasteiger partial charge in [-0.25, -0.2) is 4.79 Å². The van der Waals surface area contributed by atoms with E-state index >= 15 is 0 Å². The second kappa shape index (κ2) is 5.53. The Kier molecular flexibility index (Phi) is 4.04. The predicted molar refractivity (Wildman–Crippen MR) is 64.4 cm³/mol. The Morgan fingerprint density at radius 2 is 2.25 bits per heavy atom. The van der Waals surface area contributed by atoms with Crippen LogP contribution in [0.3, 0.4) is 0 Å². The number of piperidine rings is 1. The summed E-state index contributed by atoms with van der Waals surface area (Å²) in [6, 6.07) is 0.567. The fraction of sp³-hybridized carbons (Fsp3) is 0.917. The molecule has 2 amide bonds. The summed E-state index contributed by atoms with van der Waals surface area (Å²) in [6.07, 6.45) is 6.04. The van der Waals surface area contributed by atoms with Gasteiger partial charge in [-0.05, 0) is 51.1 Å². The summed E-state index contributed by atoms with van der Waals surface area (Å²) in [6.45, 7) is 3.16. The van der Waals surface area contributed by atoms with Gasteiger partial charge in [-0.15, -0.1) is 0 Å². The first-order valence-corrected chi connectivity index (χ1v) is 6.48. The summed E-state index contributed by atoms with van der Waals surface area (Å²) < 4.78 is 0. The number of amides is 2. The van der Waals surface area contributed by atoms with Crippen LogP contribution < -0.4 is 10.6 Å². The first kappa shape index (κ1) is 11.7. The van der Waals surface area contributed by atoms with Crippen molar-refractivity contribution in [2.24, 2.45) is 5.92 Å². The van der Waals surface area contributed by atoms with Crippen molar-refractivity contribution in [2.75, 3.05) is 26.7 Å². The molecule has 1 saturated heterocycles. The quantitative estimate of drug-likeness (QED) is 0.754. The molecule has 1 atom stereocenters. The van der Waals surface area contributed by atoms with Gasteiger partial charge in [0, 0.05) is 19.6 Å². The third kappa shape index (κ3) is 3.67. The smallest absolute Gasteiger partial charge is 0.317 e. The fourth-order valence-electron chi connectivity index (χ4n) is 2.16. The van der Waals surface area contributed by atoms with Gasteiger partial charge in [0.1, 0.15) is 0 Å². The molecule has 4 nitrogen and oxygen atoms in total. The Morgan fingerprint density at radius 3 is 2.88 bits per heavy atom. The number of carbonyl (C=O) groups excluding carboxylic acids is 1. The number of carbonyl (C=O) groups is 1. The number of nitrogens with zero attached hydrogens (tertiary/aromatic N) is 1. The van der Waals surface area contributed by atoms with Crippen molar-refractivity contribution in [3.63, 3.8) is 0 Å². The largest absolute Gasteiger partial charge is 0.335 e. The molecule has 16 heavy (non-hydrogen) atoms. The maximum absolute atomic E-state index is 11.7. The van der Waals surface area contributed by atoms with Gasteiger partial charge >= 0.3 is 6.03 Å². The number of nitrogens with one attached hydrogen (secondary N) is 2. The highest BCUT2D eigenvalue weighted by Crippen LogP contribution is 2.19. The highest BCUT2D eigenvalue weighted by atomic mass is 16.2. The Balaban J connectivity index is 1.61. The SMILES string of the molecule is CN(CCC1CCCNC1)C(=O)NC1CC1. The van der Waals surface area contributed by atoms with Gasteiger partial charge in [0.2, 0.25) is 0 Å². The van der Waals surface area contributed by atoms with E-state index in [0.29, 0.717) is 6.04 Å². The van der Waals surface area contributed by atoms with E-state index in [9.17, 15) is 4.79 Å². The second-order valence-electron chi connectivity index (χ2n) is 5.15. The molecule has 1 aliphatic carbocycles. The molecule has 0 aromatic carbocycles. The number of hydrogen-bond acceptors (Lipinski definition) is 2. The highest BCUT2D eigenvalue weighted by Gasteiger charge is 2.24. The molecular formula is C12H23N3O. The molecular weight excluding hydrogens is 202 g/mol. The van der Waals surface area contributed by atoms with Crippen LogP contribution in [-0.4, -0.2) is 43.7 Å². The van der Waals surface area contributed by atoms with Gasteiger partial charge in [0.05, 0.1) is 0 Å². The summed E-state index contributed by atoms with van der Waals surface area (Å²) in [4.78, 5) is 13.5. The van der Waals surface area contributed by atoms with Crippen LogP contribution in [-0.2, 0) is 0 Å². The van der Waals surface area contributed by atoms with Crippen molar-refractivity contribution < 1.29 is 4.79 Å². The summed E-state index contributed by atoms with van der Waals surface area (Å²) >= 11 is 0. The van der Waals surface area contributed by atoms with Crippen LogP contribution in [0.5, 0.6) is 0 Å². The highest BCUT2D eigenvalue weighted by molar-refractivity contribution is 5.74. The van der Waals surface area contributed by atoms with E-state index in [1.165, 1.54) is 12.8 Å². The lowest BCUT2D eigenvalue weighted by molar-refractivity contribution is 0.202. The second-order valence-corrected chi connectivity index (χ2v) is 5.15. The molecule has 2 aliphatic rings. The van der Waals surface area contributed by atoms with Crippen LogP contribution in [0.1, 0.15) is 32.1 Å². The Labute approximate surface area is 97.8 Å². The molecule has 1 saturated carbocycles. The zero-order chi connectivity index (χ0) is 11.4. The average molecular weight is 225 g/mol. The lowest BCUT2D eigenvalue weighted by Crippen LogP contribution is -2.40. The molecule has 0 radical (unpaired) electrons. The van der Waals surface area contributed by atoms with Crippen molar-refractivity contribution in [1.29, 1.82) is 0 Å². The molecule has 4 heteroatoms. The van der Waals surface area contributed by atoms with Gasteiger partial charge < -0.3 is 15.5 Å². The zero-order valence-electron chi connectivity index (χ0n) is 10.2. The number of urea groups is 1. The molecule has 0 aromatic heterocycles. The molecule has 2 fully saturated rings. The Hall–Kier alpha value is -0.770. The average Bonchev–Trinajstić information content (AvgIpc) is 3.11. The topological polar surface area (TPSA) is 44.4 Å². The number of hydrogen-bond donors (Lipinski definition) is 2. The standard InChI is InChI=1S/C12H23N3O/c1-15(12(16)14-11-4-5-11)8-6-10-3-2-7-13-9-10/h10-11,13H,2-9H2,1H3,(H,14,16). The van der Waals surface area contributed by atoms with E-state index in [2.05, 4.69) is 10.6 Å². The molecule has 0 bridgehead atoms. The summed E-state index contributed by atoms with van der Waals surface area (Å²) in [5, 5.41) is 6.42. The summed E-state index contributed by atoms with van der Waals surface area (Å²) in [5.41, 5.74) is 0. The van der Waals surface area contributed by atoms with Crippen LogP contribution >= 0.6 is 0 Å². The molecule has 2 N–H and O–H groups in total. The monoisotopic (exact) mass is 225 g/mol. The normalized spacial score (nSPS) is 25.2. The van der Waals surface area contributed by atoms with Crippen molar-refractivity contribution in [2.45, 2.75) is 38.1 Å². The minimum atomic E-state index is 0.103. The van der Waals surface area contributed by atoms with Crippen LogP contribution in [0.2, 0.25) is 0 Å². The molecule has 1 heterocycles. The minimum Gasteiger partial charge on any atom is -0.335 e. The van der Waals surface area contributed by atoms with Crippen LogP contribution in [0.25, 0.3) is 0 Å². The van der Waals surface area contributed by atoms with Gasteiger partial charge in [-0.1, -0.05) is 0 Å². The van der Waals surface area contributed by atoms with Crippen molar-refractivity contribution >= 4 is 6.03 Å². The maximum Gasteiger partial charge on any atom is 0.317 e. The molecule has 0 spiro atoms. The van der Waals surface area contributed by atoms with E-state index < -0.39 is 0 Å². The van der Waals surface area contributed by atoms with Crippen molar-refractivity contribution in [3.05, 3.63) is 0 Å². The first-order chi connectivity index (χ1) is 7.75. The molecule has 1 unspecified atom stereocenters. The molecule has 2 rings (SSSR count). The lowest BCUT2D eigenvalue weighted by Gasteiger charge is -2.25. The Morgan fingerprint density at radius 1 is 1.44 bits per heavy atom. The lowest BCUT2D eigenvalue weighted by atomic mass is 9.96. The van der Waals surface area contributed by atoms with Crippen LogP contribution in [0.15, 0.2) is 0 Å². The van der Waals surface area contributed by atoms with E-state index in [4.69, 9.17) is 0 Å². The van der Waals surface area contributed by atoms with E-state index in [-0.39, 0.29) is 6.03 Å². The third-order valence-electron chi connectivity index (χ3n) is 3.52. The molecule has 1 aliphatic heterocycles. The first-order valence-electron chi connectivity index (χ1n) is 6.48. The zero-order valence-corrected chi connectivity index (χ0v) is 10.2. The predicted octanol–water partition coefficient (Wildman–Crippen LogP) is 1.18. The summed E-state index contributed by atoms with van der Waals surface area (Å²) in [7, 11) is 1.90. The van der Waals surface area contributed by atoms with E-state index in [1.807, 2.05) is 11.9 Å². The van der Waals surface area contributed by atoms with Gasteiger partial charge in [0.15, 0.2) is 0 Å². The van der Waals surface area contributed by atoms with Crippen LogP contribution in [0.4, 0.5) is 4.79 Å². The summed E-state index contributed by atoms with van der Waals surface area (Å²) in [5.74, 6) is 0.755. The van der Waals surface area contributed by atoms with Gasteiger partial charge in [0.25, 0.3) is 0 Å². The number of rotatable bonds is 4. The molecule has 0 aromatic rings. The Bertz CT molecular complexity index is 234. The van der Waals surface area contributed by atoms with Gasteiger partial charge in [-0.3, -0.25) is 0 Å². The van der Waals surface area contributed by atoms with E-state index in [0.717, 1.165) is 44.8 Å². The van der Waals surface area contributed by atoms with Gasteiger partial charge in [-0.2, -0.15) is 0 Å². The third-order valence-corrected chi connectivity index (χ3v) is 3.52. The maximum atomic E-state index is 11.7. The molecule has 92 valence electrons.